The minimum Gasteiger partial charge on any atom is -0.487 e. The number of carbonyl (C=O) groups is 1. The first kappa shape index (κ1) is 28.3. The van der Waals surface area contributed by atoms with Gasteiger partial charge in [0.25, 0.3) is 0 Å². The minimum atomic E-state index is -1.22. The van der Waals surface area contributed by atoms with Crippen LogP contribution in [0.15, 0.2) is 61.4 Å². The van der Waals surface area contributed by atoms with E-state index in [9.17, 15) is 9.90 Å². The summed E-state index contributed by atoms with van der Waals surface area (Å²) in [6, 6.07) is 13.7. The van der Waals surface area contributed by atoms with Gasteiger partial charge in [-0.3, -0.25) is 9.97 Å². The SMILES string of the molecule is C=Cc1ncc(-c2ccc(OCc3ccccc3)cn2)c(N2CCC(C)(C)CC2)c1C(OC(C)(C)C)C(=O)O. The summed E-state index contributed by atoms with van der Waals surface area (Å²) < 4.78 is 12.1. The molecule has 2 aromatic heterocycles. The molecule has 0 spiro atoms. The molecule has 1 atom stereocenters. The van der Waals surface area contributed by atoms with Crippen molar-refractivity contribution in [3.63, 3.8) is 0 Å². The molecule has 1 aliphatic rings. The smallest absolute Gasteiger partial charge is 0.337 e. The largest absolute Gasteiger partial charge is 0.487 e. The monoisotopic (exact) mass is 529 g/mol. The van der Waals surface area contributed by atoms with E-state index in [0.717, 1.165) is 42.7 Å². The van der Waals surface area contributed by atoms with Gasteiger partial charge in [-0.15, -0.1) is 0 Å². The lowest BCUT2D eigenvalue weighted by atomic mass is 9.82. The van der Waals surface area contributed by atoms with Gasteiger partial charge in [-0.25, -0.2) is 4.79 Å². The summed E-state index contributed by atoms with van der Waals surface area (Å²) in [6.07, 6.45) is 5.81. The third-order valence-electron chi connectivity index (χ3n) is 6.96. The topological polar surface area (TPSA) is 84.8 Å². The first-order valence-corrected chi connectivity index (χ1v) is 13.4. The molecular weight excluding hydrogens is 490 g/mol. The van der Waals surface area contributed by atoms with E-state index in [0.29, 0.717) is 29.3 Å². The summed E-state index contributed by atoms with van der Waals surface area (Å²) in [4.78, 5) is 24.2. The highest BCUT2D eigenvalue weighted by atomic mass is 16.5. The first-order valence-electron chi connectivity index (χ1n) is 13.4. The Hall–Kier alpha value is -3.71. The van der Waals surface area contributed by atoms with Gasteiger partial charge in [0.15, 0.2) is 6.10 Å². The second kappa shape index (κ2) is 11.6. The normalized spacial score (nSPS) is 16.0. The van der Waals surface area contributed by atoms with Crippen molar-refractivity contribution in [3.8, 4) is 17.0 Å². The standard InChI is InChI=1S/C32H39N3O4/c1-7-25-27(29(30(36)37)39-31(2,3)4)28(35-17-15-32(5,6)16-18-35)24(20-34-25)26-14-13-23(19-33-26)38-21-22-11-9-8-10-12-22/h7-14,19-20,29H,1,15-18,21H2,2-6H3,(H,36,37). The summed E-state index contributed by atoms with van der Waals surface area (Å²) >= 11 is 0. The number of hydrogen-bond donors (Lipinski definition) is 1. The average molecular weight is 530 g/mol. The van der Waals surface area contributed by atoms with E-state index in [1.165, 1.54) is 0 Å². The lowest BCUT2D eigenvalue weighted by Gasteiger charge is -2.40. The van der Waals surface area contributed by atoms with Crippen LogP contribution in [-0.4, -0.2) is 39.7 Å². The highest BCUT2D eigenvalue weighted by molar-refractivity contribution is 5.87. The summed E-state index contributed by atoms with van der Waals surface area (Å²) in [5.74, 6) is -0.414. The fraction of sp³-hybridized carbons (Fsp3) is 0.406. The van der Waals surface area contributed by atoms with Gasteiger partial charge in [-0.05, 0) is 62.8 Å². The summed E-state index contributed by atoms with van der Waals surface area (Å²) in [6.45, 7) is 16.1. The zero-order chi connectivity index (χ0) is 28.2. The van der Waals surface area contributed by atoms with E-state index in [4.69, 9.17) is 14.5 Å². The van der Waals surface area contributed by atoms with Gasteiger partial charge < -0.3 is 19.5 Å². The Morgan fingerprint density at radius 3 is 2.36 bits per heavy atom. The van der Waals surface area contributed by atoms with Crippen molar-refractivity contribution in [2.75, 3.05) is 18.0 Å². The molecule has 7 heteroatoms. The molecule has 39 heavy (non-hydrogen) atoms. The lowest BCUT2D eigenvalue weighted by molar-refractivity contribution is -0.160. The molecule has 0 bridgehead atoms. The number of ether oxygens (including phenoxy) is 2. The minimum absolute atomic E-state index is 0.217. The van der Waals surface area contributed by atoms with Gasteiger partial charge in [0, 0.05) is 30.4 Å². The van der Waals surface area contributed by atoms with Crippen LogP contribution in [-0.2, 0) is 16.1 Å². The van der Waals surface area contributed by atoms with E-state index in [2.05, 4.69) is 30.3 Å². The van der Waals surface area contributed by atoms with Crippen LogP contribution in [0.5, 0.6) is 5.75 Å². The third-order valence-corrected chi connectivity index (χ3v) is 6.96. The van der Waals surface area contributed by atoms with E-state index in [1.54, 1.807) is 18.5 Å². The Balaban J connectivity index is 1.78. The molecule has 1 fully saturated rings. The fourth-order valence-electron chi connectivity index (χ4n) is 4.77. The number of aromatic nitrogens is 2. The number of nitrogens with zero attached hydrogens (tertiary/aromatic N) is 3. The van der Waals surface area contributed by atoms with Crippen LogP contribution in [0, 0.1) is 5.41 Å². The van der Waals surface area contributed by atoms with Crippen LogP contribution in [0.2, 0.25) is 0 Å². The predicted octanol–water partition coefficient (Wildman–Crippen LogP) is 6.93. The van der Waals surface area contributed by atoms with E-state index < -0.39 is 17.7 Å². The van der Waals surface area contributed by atoms with Crippen molar-refractivity contribution in [2.24, 2.45) is 5.41 Å². The Morgan fingerprint density at radius 2 is 1.79 bits per heavy atom. The first-order chi connectivity index (χ1) is 18.5. The van der Waals surface area contributed by atoms with Crippen molar-refractivity contribution in [1.29, 1.82) is 0 Å². The number of hydrogen-bond acceptors (Lipinski definition) is 6. The van der Waals surface area contributed by atoms with E-state index in [1.807, 2.05) is 63.2 Å². The van der Waals surface area contributed by atoms with Gasteiger partial charge in [-0.1, -0.05) is 50.8 Å². The van der Waals surface area contributed by atoms with Crippen molar-refractivity contribution >= 4 is 17.7 Å². The maximum Gasteiger partial charge on any atom is 0.337 e. The summed E-state index contributed by atoms with van der Waals surface area (Å²) in [7, 11) is 0. The molecule has 1 saturated heterocycles. The van der Waals surface area contributed by atoms with Crippen molar-refractivity contribution in [1.82, 2.24) is 9.97 Å². The summed E-state index contributed by atoms with van der Waals surface area (Å²) in [5.41, 5.74) is 3.85. The molecule has 3 heterocycles. The average Bonchev–Trinajstić information content (AvgIpc) is 2.90. The molecule has 0 saturated carbocycles. The van der Waals surface area contributed by atoms with Crippen LogP contribution in [0.1, 0.15) is 70.4 Å². The second-order valence-corrected chi connectivity index (χ2v) is 11.8. The predicted molar refractivity (Wildman–Crippen MR) is 155 cm³/mol. The van der Waals surface area contributed by atoms with Crippen molar-refractivity contribution in [2.45, 2.75) is 65.8 Å². The van der Waals surface area contributed by atoms with Gasteiger partial charge >= 0.3 is 5.97 Å². The molecule has 4 rings (SSSR count). The Labute approximate surface area is 231 Å². The molecule has 1 aliphatic heterocycles. The zero-order valence-corrected chi connectivity index (χ0v) is 23.6. The number of carboxylic acids is 1. The number of piperidine rings is 1. The van der Waals surface area contributed by atoms with E-state index in [-0.39, 0.29) is 5.41 Å². The molecule has 0 aliphatic carbocycles. The molecule has 1 aromatic carbocycles. The fourth-order valence-corrected chi connectivity index (χ4v) is 4.77. The molecule has 206 valence electrons. The van der Waals surface area contributed by atoms with Gasteiger partial charge in [0.1, 0.15) is 12.4 Å². The lowest BCUT2D eigenvalue weighted by Crippen LogP contribution is -2.39. The molecule has 1 unspecified atom stereocenters. The van der Waals surface area contributed by atoms with E-state index >= 15 is 0 Å². The van der Waals surface area contributed by atoms with Crippen molar-refractivity contribution < 1.29 is 19.4 Å². The van der Waals surface area contributed by atoms with Gasteiger partial charge in [0.2, 0.25) is 0 Å². The summed E-state index contributed by atoms with van der Waals surface area (Å²) in [5, 5.41) is 10.3. The number of rotatable bonds is 9. The Bertz CT molecular complexity index is 1290. The number of pyridine rings is 2. The molecule has 0 radical (unpaired) electrons. The quantitative estimate of drug-likeness (QED) is 0.322. The molecule has 7 nitrogen and oxygen atoms in total. The van der Waals surface area contributed by atoms with Crippen molar-refractivity contribution in [3.05, 3.63) is 78.3 Å². The maximum atomic E-state index is 12.6. The van der Waals surface area contributed by atoms with Crippen LogP contribution in [0.3, 0.4) is 0 Å². The highest BCUT2D eigenvalue weighted by Gasteiger charge is 2.36. The molecule has 3 aromatic rings. The van der Waals surface area contributed by atoms with Crippen LogP contribution < -0.4 is 9.64 Å². The third kappa shape index (κ3) is 7.03. The van der Waals surface area contributed by atoms with Crippen LogP contribution in [0.4, 0.5) is 5.69 Å². The van der Waals surface area contributed by atoms with Gasteiger partial charge in [-0.2, -0.15) is 0 Å². The van der Waals surface area contributed by atoms with Gasteiger partial charge in [0.05, 0.1) is 28.9 Å². The number of benzene rings is 1. The molecule has 0 amide bonds. The Kier molecular flexibility index (Phi) is 8.40. The Morgan fingerprint density at radius 1 is 1.10 bits per heavy atom. The number of aliphatic carboxylic acids is 1. The number of anilines is 1. The second-order valence-electron chi connectivity index (χ2n) is 11.8. The van der Waals surface area contributed by atoms with Crippen LogP contribution >= 0.6 is 0 Å². The zero-order valence-electron chi connectivity index (χ0n) is 23.6. The van der Waals surface area contributed by atoms with Crippen LogP contribution in [0.25, 0.3) is 17.3 Å². The molecular formula is C32H39N3O4. The molecule has 1 N–H and O–H groups in total. The maximum absolute atomic E-state index is 12.6. The highest BCUT2D eigenvalue weighted by Crippen LogP contribution is 2.43. The number of carboxylic acid groups (broad SMARTS) is 1.